The van der Waals surface area contributed by atoms with Crippen molar-refractivity contribution in [3.05, 3.63) is 45.9 Å². The van der Waals surface area contributed by atoms with Crippen molar-refractivity contribution in [2.45, 2.75) is 70.1 Å². The van der Waals surface area contributed by atoms with Crippen LogP contribution in [0.1, 0.15) is 56.2 Å². The zero-order valence-electron chi connectivity index (χ0n) is 18.9. The Balaban J connectivity index is 1.48. The lowest BCUT2D eigenvalue weighted by molar-refractivity contribution is -0.135. The smallest absolute Gasteiger partial charge is 0.265 e. The van der Waals surface area contributed by atoms with Gasteiger partial charge in [0.1, 0.15) is 5.39 Å². The molecule has 2 unspecified atom stereocenters. The Kier molecular flexibility index (Phi) is 5.57. The highest BCUT2D eigenvalue weighted by Gasteiger charge is 2.33. The average molecular weight is 452 g/mol. The van der Waals surface area contributed by atoms with Crippen molar-refractivity contribution in [1.29, 1.82) is 0 Å². The molecule has 2 atom stereocenters. The molecule has 0 saturated carbocycles. The number of carbonyl (C=O) groups excluding carboxylic acids is 1. The Labute approximate surface area is 191 Å². The van der Waals surface area contributed by atoms with Crippen LogP contribution < -0.4 is 5.56 Å². The van der Waals surface area contributed by atoms with Crippen LogP contribution in [-0.4, -0.2) is 48.5 Å². The molecule has 168 valence electrons. The molecule has 3 aromatic rings. The third-order valence-corrected chi connectivity index (χ3v) is 7.88. The maximum Gasteiger partial charge on any atom is 0.265 e. The van der Waals surface area contributed by atoms with E-state index in [4.69, 9.17) is 4.98 Å². The van der Waals surface area contributed by atoms with E-state index in [1.165, 1.54) is 12.0 Å². The number of fused-ring (bicyclic) bond motifs is 2. The highest BCUT2D eigenvalue weighted by Crippen LogP contribution is 2.34. The number of nitrogens with zero attached hydrogens (tertiary/aromatic N) is 5. The first-order valence-electron chi connectivity index (χ1n) is 11.5. The summed E-state index contributed by atoms with van der Waals surface area (Å²) in [7, 11) is 0. The summed E-state index contributed by atoms with van der Waals surface area (Å²) < 4.78 is 3.48. The lowest BCUT2D eigenvalue weighted by Crippen LogP contribution is -2.44. The van der Waals surface area contributed by atoms with Crippen LogP contribution in [0, 0.1) is 13.8 Å². The van der Waals surface area contributed by atoms with Crippen molar-refractivity contribution in [1.82, 2.24) is 24.2 Å². The van der Waals surface area contributed by atoms with Gasteiger partial charge in [0.25, 0.3) is 5.56 Å². The summed E-state index contributed by atoms with van der Waals surface area (Å²) in [4.78, 5) is 33.4. The van der Waals surface area contributed by atoms with Gasteiger partial charge in [-0.1, -0.05) is 36.4 Å². The fraction of sp³-hybridized carbons (Fsp3) is 0.500. The Morgan fingerprint density at radius 1 is 1.22 bits per heavy atom. The number of carbonyl (C=O) groups is 1. The Morgan fingerprint density at radius 3 is 2.84 bits per heavy atom. The molecule has 0 N–H and O–H groups in total. The fourth-order valence-electron chi connectivity index (χ4n) is 5.07. The maximum absolute atomic E-state index is 13.4. The molecule has 32 heavy (non-hydrogen) atoms. The molecule has 4 heterocycles. The molecular weight excluding hydrogens is 422 g/mol. The number of piperidine rings is 1. The van der Waals surface area contributed by atoms with Gasteiger partial charge in [-0.3, -0.25) is 14.2 Å². The van der Waals surface area contributed by atoms with E-state index >= 15 is 0 Å². The Bertz CT molecular complexity index is 1250. The van der Waals surface area contributed by atoms with Gasteiger partial charge in [0.15, 0.2) is 10.8 Å². The summed E-state index contributed by atoms with van der Waals surface area (Å²) in [5.74, 6) is 0.857. The second kappa shape index (κ2) is 8.39. The highest BCUT2D eigenvalue weighted by molar-refractivity contribution is 7.99. The van der Waals surface area contributed by atoms with Gasteiger partial charge in [-0.25, -0.2) is 9.67 Å². The van der Waals surface area contributed by atoms with Crippen LogP contribution in [-0.2, 0) is 4.79 Å². The summed E-state index contributed by atoms with van der Waals surface area (Å²) in [5.41, 5.74) is 3.66. The number of likely N-dealkylation sites (tertiary alicyclic amines) is 1. The van der Waals surface area contributed by atoms with Gasteiger partial charge in [-0.15, -0.1) is 0 Å². The minimum atomic E-state index is -0.157. The van der Waals surface area contributed by atoms with Crippen molar-refractivity contribution in [3.8, 4) is 5.69 Å². The second-order valence-electron chi connectivity index (χ2n) is 8.97. The molecule has 0 bridgehead atoms. The molecule has 8 heteroatoms. The molecule has 2 aliphatic heterocycles. The molecule has 1 aromatic carbocycles. The second-order valence-corrected chi connectivity index (χ2v) is 9.95. The molecular formula is C24H29N5O2S. The number of hydrogen-bond acceptors (Lipinski definition) is 5. The van der Waals surface area contributed by atoms with E-state index in [0.717, 1.165) is 37.1 Å². The highest BCUT2D eigenvalue weighted by atomic mass is 32.2. The molecule has 7 nitrogen and oxygen atoms in total. The third kappa shape index (κ3) is 3.54. The van der Waals surface area contributed by atoms with Crippen molar-refractivity contribution in [2.24, 2.45) is 0 Å². The third-order valence-electron chi connectivity index (χ3n) is 6.78. The molecule has 2 aliphatic rings. The number of aromatic nitrogens is 4. The number of rotatable bonds is 4. The van der Waals surface area contributed by atoms with Crippen LogP contribution in [0.5, 0.6) is 0 Å². The van der Waals surface area contributed by atoms with E-state index in [-0.39, 0.29) is 17.5 Å². The van der Waals surface area contributed by atoms with E-state index in [1.807, 2.05) is 24.0 Å². The number of amides is 1. The van der Waals surface area contributed by atoms with Crippen LogP contribution in [0.2, 0.25) is 0 Å². The van der Waals surface area contributed by atoms with Crippen LogP contribution >= 0.6 is 11.8 Å². The molecule has 0 radical (unpaired) electrons. The fourth-order valence-corrected chi connectivity index (χ4v) is 6.20. The van der Waals surface area contributed by atoms with Gasteiger partial charge in [0.2, 0.25) is 5.91 Å². The van der Waals surface area contributed by atoms with Gasteiger partial charge in [-0.2, -0.15) is 5.10 Å². The van der Waals surface area contributed by atoms with Gasteiger partial charge < -0.3 is 4.90 Å². The summed E-state index contributed by atoms with van der Waals surface area (Å²) >= 11 is 1.55. The lowest BCUT2D eigenvalue weighted by atomic mass is 9.99. The summed E-state index contributed by atoms with van der Waals surface area (Å²) in [6.07, 6.45) is 6.29. The Morgan fingerprint density at radius 2 is 2.06 bits per heavy atom. The number of thioether (sulfide) groups is 1. The first kappa shape index (κ1) is 21.2. The minimum absolute atomic E-state index is 0.102. The maximum atomic E-state index is 13.4. The number of benzene rings is 1. The predicted octanol–water partition coefficient (Wildman–Crippen LogP) is 4.03. The molecule has 1 amide bonds. The summed E-state index contributed by atoms with van der Waals surface area (Å²) in [5, 5.41) is 5.67. The topological polar surface area (TPSA) is 73.0 Å². The zero-order valence-corrected chi connectivity index (χ0v) is 19.7. The minimum Gasteiger partial charge on any atom is -0.340 e. The van der Waals surface area contributed by atoms with Crippen molar-refractivity contribution >= 4 is 28.7 Å². The summed E-state index contributed by atoms with van der Waals surface area (Å²) in [6.45, 7) is 7.07. The quantitative estimate of drug-likeness (QED) is 0.560. The molecule has 2 aromatic heterocycles. The lowest BCUT2D eigenvalue weighted by Gasteiger charge is -2.36. The van der Waals surface area contributed by atoms with E-state index in [9.17, 15) is 9.59 Å². The van der Waals surface area contributed by atoms with E-state index < -0.39 is 0 Å². The first-order chi connectivity index (χ1) is 15.5. The van der Waals surface area contributed by atoms with E-state index in [0.29, 0.717) is 34.4 Å². The number of hydrogen-bond donors (Lipinski definition) is 0. The standard InChI is InChI=1S/C24H29N5O2S/c1-4-17-7-5-6-10-27(17)21(30)12-18-14-32-24-26-22-19(23(31)28(18)24)13-25-29(22)20-9-8-15(2)11-16(20)3/h8-9,11,13,17-18H,4-7,10,12,14H2,1-3H3. The van der Waals surface area contributed by atoms with Gasteiger partial charge in [0.05, 0.1) is 17.9 Å². The van der Waals surface area contributed by atoms with Crippen LogP contribution in [0.3, 0.4) is 0 Å². The molecule has 1 saturated heterocycles. The molecule has 5 rings (SSSR count). The van der Waals surface area contributed by atoms with Gasteiger partial charge in [-0.05, 0) is 51.2 Å². The van der Waals surface area contributed by atoms with Gasteiger partial charge in [0, 0.05) is 24.8 Å². The van der Waals surface area contributed by atoms with Crippen LogP contribution in [0.25, 0.3) is 16.7 Å². The monoisotopic (exact) mass is 451 g/mol. The van der Waals surface area contributed by atoms with Crippen molar-refractivity contribution in [3.63, 3.8) is 0 Å². The van der Waals surface area contributed by atoms with Crippen LogP contribution in [0.4, 0.5) is 0 Å². The predicted molar refractivity (Wildman–Crippen MR) is 127 cm³/mol. The Hall–Kier alpha value is -2.61. The normalized spacial score (nSPS) is 20.7. The molecule has 1 fully saturated rings. The van der Waals surface area contributed by atoms with Crippen LogP contribution in [0.15, 0.2) is 34.3 Å². The number of aryl methyl sites for hydroxylation is 2. The van der Waals surface area contributed by atoms with Crippen molar-refractivity contribution < 1.29 is 4.79 Å². The first-order valence-corrected chi connectivity index (χ1v) is 12.5. The average Bonchev–Trinajstić information content (AvgIpc) is 3.39. The molecule has 0 spiro atoms. The van der Waals surface area contributed by atoms with Gasteiger partial charge >= 0.3 is 0 Å². The SMILES string of the molecule is CCC1CCCCN1C(=O)CC1CSc2nc3c(cnn3-c3ccc(C)cc3C)c(=O)n21. The summed E-state index contributed by atoms with van der Waals surface area (Å²) in [6, 6.07) is 6.33. The largest absolute Gasteiger partial charge is 0.340 e. The van der Waals surface area contributed by atoms with E-state index in [1.54, 1.807) is 27.2 Å². The van der Waals surface area contributed by atoms with Crippen molar-refractivity contribution in [2.75, 3.05) is 12.3 Å². The molecule has 0 aliphatic carbocycles. The van der Waals surface area contributed by atoms with E-state index in [2.05, 4.69) is 25.0 Å². The zero-order chi connectivity index (χ0) is 22.4.